The van der Waals surface area contributed by atoms with E-state index < -0.39 is 0 Å². The summed E-state index contributed by atoms with van der Waals surface area (Å²) >= 11 is 0. The molecule has 0 aromatic carbocycles. The first-order valence-electron chi connectivity index (χ1n) is 6.46. The van der Waals surface area contributed by atoms with Crippen LogP contribution in [-0.2, 0) is 9.53 Å². The van der Waals surface area contributed by atoms with Gasteiger partial charge in [0.15, 0.2) is 0 Å². The Morgan fingerprint density at radius 2 is 2.25 bits per heavy atom. The van der Waals surface area contributed by atoms with Gasteiger partial charge in [-0.25, -0.2) is 0 Å². The first-order valence-corrected chi connectivity index (χ1v) is 6.46. The molecule has 2 atom stereocenters. The van der Waals surface area contributed by atoms with Crippen molar-refractivity contribution in [3.8, 4) is 0 Å². The summed E-state index contributed by atoms with van der Waals surface area (Å²) in [4.78, 5) is 11.8. The molecule has 0 aliphatic carbocycles. The smallest absolute Gasteiger partial charge is 0.224 e. The molecule has 4 heteroatoms. The Hall–Kier alpha value is -0.610. The van der Waals surface area contributed by atoms with Crippen LogP contribution in [0, 0.1) is 5.92 Å². The Bertz CT molecular complexity index is 221. The van der Waals surface area contributed by atoms with E-state index in [0.29, 0.717) is 6.54 Å². The third kappa shape index (κ3) is 3.46. The van der Waals surface area contributed by atoms with Crippen molar-refractivity contribution in [3.05, 3.63) is 0 Å². The molecule has 2 saturated heterocycles. The highest BCUT2D eigenvalue weighted by Gasteiger charge is 2.22. The predicted molar refractivity (Wildman–Crippen MR) is 62.2 cm³/mol. The van der Waals surface area contributed by atoms with Crippen LogP contribution in [0.25, 0.3) is 0 Å². The molecule has 16 heavy (non-hydrogen) atoms. The van der Waals surface area contributed by atoms with Crippen molar-refractivity contribution < 1.29 is 9.53 Å². The summed E-state index contributed by atoms with van der Waals surface area (Å²) in [7, 11) is 0. The number of ether oxygens (including phenoxy) is 1. The monoisotopic (exact) mass is 226 g/mol. The molecule has 0 spiro atoms. The molecule has 4 nitrogen and oxygen atoms in total. The maximum Gasteiger partial charge on any atom is 0.224 e. The van der Waals surface area contributed by atoms with E-state index in [1.165, 1.54) is 6.42 Å². The highest BCUT2D eigenvalue weighted by atomic mass is 16.5. The summed E-state index contributed by atoms with van der Waals surface area (Å²) in [6, 6.07) is 0. The van der Waals surface area contributed by atoms with Gasteiger partial charge in [-0.1, -0.05) is 0 Å². The number of amides is 1. The molecular formula is C12H22N2O2. The van der Waals surface area contributed by atoms with Gasteiger partial charge in [-0.05, 0) is 38.6 Å². The Kier molecular flexibility index (Phi) is 4.60. The second-order valence-corrected chi connectivity index (χ2v) is 4.78. The van der Waals surface area contributed by atoms with Crippen molar-refractivity contribution >= 4 is 5.91 Å². The van der Waals surface area contributed by atoms with E-state index >= 15 is 0 Å². The highest BCUT2D eigenvalue weighted by Crippen LogP contribution is 2.13. The summed E-state index contributed by atoms with van der Waals surface area (Å²) in [6.07, 6.45) is 5.85. The fourth-order valence-corrected chi connectivity index (χ4v) is 2.40. The maximum absolute atomic E-state index is 11.8. The molecule has 0 bridgehead atoms. The van der Waals surface area contributed by atoms with Crippen molar-refractivity contribution in [1.29, 1.82) is 0 Å². The zero-order valence-electron chi connectivity index (χ0n) is 9.84. The average Bonchev–Trinajstić information content (AvgIpc) is 2.38. The van der Waals surface area contributed by atoms with Crippen LogP contribution in [0.3, 0.4) is 0 Å². The molecule has 92 valence electrons. The van der Waals surface area contributed by atoms with Gasteiger partial charge in [-0.2, -0.15) is 0 Å². The fourth-order valence-electron chi connectivity index (χ4n) is 2.40. The Morgan fingerprint density at radius 3 is 2.94 bits per heavy atom. The van der Waals surface area contributed by atoms with E-state index in [1.807, 2.05) is 0 Å². The predicted octanol–water partition coefficient (Wildman–Crippen LogP) is 0.671. The van der Waals surface area contributed by atoms with Crippen LogP contribution in [0.4, 0.5) is 0 Å². The van der Waals surface area contributed by atoms with Gasteiger partial charge in [-0.3, -0.25) is 4.79 Å². The number of nitrogens with one attached hydrogen (secondary N) is 2. The lowest BCUT2D eigenvalue weighted by Crippen LogP contribution is -2.43. The molecule has 0 saturated carbocycles. The summed E-state index contributed by atoms with van der Waals surface area (Å²) in [5, 5.41) is 6.28. The average molecular weight is 226 g/mol. The number of carbonyl (C=O) groups excluding carboxylic acids is 1. The quantitative estimate of drug-likeness (QED) is 0.743. The summed E-state index contributed by atoms with van der Waals surface area (Å²) in [5.74, 6) is 0.360. The summed E-state index contributed by atoms with van der Waals surface area (Å²) in [5.41, 5.74) is 0. The highest BCUT2D eigenvalue weighted by molar-refractivity contribution is 5.78. The number of hydrogen-bond donors (Lipinski definition) is 2. The Balaban J connectivity index is 1.65. The van der Waals surface area contributed by atoms with Crippen LogP contribution in [0.15, 0.2) is 0 Å². The SMILES string of the molecule is O=C(NCC1CCCCO1)C1CCCNC1. The molecule has 0 aromatic rings. The Morgan fingerprint density at radius 1 is 1.31 bits per heavy atom. The van der Waals surface area contributed by atoms with Gasteiger partial charge >= 0.3 is 0 Å². The van der Waals surface area contributed by atoms with E-state index in [9.17, 15) is 4.79 Å². The third-order valence-corrected chi connectivity index (χ3v) is 3.45. The standard InChI is InChI=1S/C12H22N2O2/c15-12(10-4-3-6-13-8-10)14-9-11-5-1-2-7-16-11/h10-11,13H,1-9H2,(H,14,15). The molecule has 2 unspecified atom stereocenters. The van der Waals surface area contributed by atoms with E-state index in [1.54, 1.807) is 0 Å². The molecule has 0 radical (unpaired) electrons. The van der Waals surface area contributed by atoms with Crippen LogP contribution in [0.2, 0.25) is 0 Å². The molecular weight excluding hydrogens is 204 g/mol. The van der Waals surface area contributed by atoms with Gasteiger partial charge in [0.2, 0.25) is 5.91 Å². The molecule has 2 heterocycles. The first kappa shape index (κ1) is 11.9. The van der Waals surface area contributed by atoms with Crippen LogP contribution in [-0.4, -0.2) is 38.3 Å². The second kappa shape index (κ2) is 6.21. The van der Waals surface area contributed by atoms with Gasteiger partial charge < -0.3 is 15.4 Å². The number of piperidine rings is 1. The zero-order chi connectivity index (χ0) is 11.2. The second-order valence-electron chi connectivity index (χ2n) is 4.78. The van der Waals surface area contributed by atoms with Crippen molar-refractivity contribution in [2.45, 2.75) is 38.2 Å². The maximum atomic E-state index is 11.8. The molecule has 1 amide bonds. The fraction of sp³-hybridized carbons (Fsp3) is 0.917. The van der Waals surface area contributed by atoms with E-state index in [4.69, 9.17) is 4.74 Å². The van der Waals surface area contributed by atoms with Gasteiger partial charge in [0, 0.05) is 19.7 Å². The van der Waals surface area contributed by atoms with Crippen molar-refractivity contribution in [1.82, 2.24) is 10.6 Å². The Labute approximate surface area is 97.1 Å². The zero-order valence-corrected chi connectivity index (χ0v) is 9.84. The minimum atomic E-state index is 0.164. The van der Waals surface area contributed by atoms with Gasteiger partial charge in [0.25, 0.3) is 0 Å². The topological polar surface area (TPSA) is 50.4 Å². The van der Waals surface area contributed by atoms with Crippen LogP contribution >= 0.6 is 0 Å². The lowest BCUT2D eigenvalue weighted by Gasteiger charge is -2.25. The van der Waals surface area contributed by atoms with Crippen molar-refractivity contribution in [2.75, 3.05) is 26.2 Å². The van der Waals surface area contributed by atoms with Crippen molar-refractivity contribution in [3.63, 3.8) is 0 Å². The molecule has 2 aliphatic rings. The molecule has 2 aliphatic heterocycles. The van der Waals surface area contributed by atoms with Crippen LogP contribution < -0.4 is 10.6 Å². The van der Waals surface area contributed by atoms with Crippen molar-refractivity contribution in [2.24, 2.45) is 5.92 Å². The van der Waals surface area contributed by atoms with E-state index in [2.05, 4.69) is 10.6 Å². The van der Waals surface area contributed by atoms with Crippen LogP contribution in [0.5, 0.6) is 0 Å². The molecule has 2 N–H and O–H groups in total. The normalized spacial score (nSPS) is 31.0. The van der Waals surface area contributed by atoms with Crippen LogP contribution in [0.1, 0.15) is 32.1 Å². The summed E-state index contributed by atoms with van der Waals surface area (Å²) < 4.78 is 5.59. The number of rotatable bonds is 3. The minimum Gasteiger partial charge on any atom is -0.376 e. The summed E-state index contributed by atoms with van der Waals surface area (Å²) in [6.45, 7) is 3.42. The molecule has 2 fully saturated rings. The molecule has 2 rings (SSSR count). The minimum absolute atomic E-state index is 0.164. The van der Waals surface area contributed by atoms with E-state index in [0.717, 1.165) is 45.4 Å². The molecule has 0 aromatic heterocycles. The number of hydrogen-bond acceptors (Lipinski definition) is 3. The third-order valence-electron chi connectivity index (χ3n) is 3.45. The van der Waals surface area contributed by atoms with Gasteiger partial charge in [0.1, 0.15) is 0 Å². The lowest BCUT2D eigenvalue weighted by atomic mass is 9.98. The first-order chi connectivity index (χ1) is 7.86. The van der Waals surface area contributed by atoms with E-state index in [-0.39, 0.29) is 17.9 Å². The largest absolute Gasteiger partial charge is 0.376 e. The number of carbonyl (C=O) groups is 1. The van der Waals surface area contributed by atoms with Gasteiger partial charge in [-0.15, -0.1) is 0 Å². The lowest BCUT2D eigenvalue weighted by molar-refractivity contribution is -0.126. The van der Waals surface area contributed by atoms with Gasteiger partial charge in [0.05, 0.1) is 12.0 Å².